The highest BCUT2D eigenvalue weighted by molar-refractivity contribution is 6.30. The van der Waals surface area contributed by atoms with Gasteiger partial charge in [-0.1, -0.05) is 43.9 Å². The second-order valence-electron chi connectivity index (χ2n) is 4.10. The van der Waals surface area contributed by atoms with Gasteiger partial charge in [0.1, 0.15) is 12.4 Å². The van der Waals surface area contributed by atoms with Gasteiger partial charge in [-0.2, -0.15) is 0 Å². The van der Waals surface area contributed by atoms with Crippen LogP contribution in [-0.4, -0.2) is 12.4 Å². The topological polar surface area (TPSA) is 26.3 Å². The lowest BCUT2D eigenvalue weighted by Crippen LogP contribution is -2.10. The van der Waals surface area contributed by atoms with Gasteiger partial charge in [0.15, 0.2) is 5.78 Å². The van der Waals surface area contributed by atoms with E-state index in [1.807, 2.05) is 6.07 Å². The fraction of sp³-hybridized carbons (Fsp3) is 0.500. The summed E-state index contributed by atoms with van der Waals surface area (Å²) in [5, 5.41) is 0.623. The maximum absolute atomic E-state index is 11.5. The molecule has 1 aromatic rings. The molecule has 3 heteroatoms. The molecule has 0 fully saturated rings. The number of hydrogen-bond donors (Lipinski definition) is 0. The Hall–Kier alpha value is -1.02. The molecule has 1 rings (SSSR count). The SMILES string of the molecule is CCCCCCC(=O)COc1cccc(Cl)c1. The summed E-state index contributed by atoms with van der Waals surface area (Å²) in [6, 6.07) is 7.10. The van der Waals surface area contributed by atoms with Gasteiger partial charge >= 0.3 is 0 Å². The Kier molecular flexibility index (Phi) is 6.71. The average molecular weight is 255 g/mol. The van der Waals surface area contributed by atoms with Gasteiger partial charge in [-0.05, 0) is 24.6 Å². The van der Waals surface area contributed by atoms with Crippen LogP contribution in [0.25, 0.3) is 0 Å². The highest BCUT2D eigenvalue weighted by Crippen LogP contribution is 2.17. The summed E-state index contributed by atoms with van der Waals surface area (Å²) in [7, 11) is 0. The molecule has 0 heterocycles. The largest absolute Gasteiger partial charge is 0.486 e. The molecule has 0 aliphatic heterocycles. The van der Waals surface area contributed by atoms with Crippen LogP contribution in [0.1, 0.15) is 39.0 Å². The number of carbonyl (C=O) groups is 1. The van der Waals surface area contributed by atoms with Crippen LogP contribution in [0.5, 0.6) is 5.75 Å². The second-order valence-corrected chi connectivity index (χ2v) is 4.53. The zero-order valence-corrected chi connectivity index (χ0v) is 11.0. The molecule has 94 valence electrons. The van der Waals surface area contributed by atoms with Crippen molar-refractivity contribution in [1.29, 1.82) is 0 Å². The maximum atomic E-state index is 11.5. The molecule has 0 saturated heterocycles. The van der Waals surface area contributed by atoms with E-state index in [2.05, 4.69) is 6.92 Å². The van der Waals surface area contributed by atoms with Gasteiger partial charge in [0.2, 0.25) is 0 Å². The van der Waals surface area contributed by atoms with Crippen molar-refractivity contribution < 1.29 is 9.53 Å². The summed E-state index contributed by atoms with van der Waals surface area (Å²) >= 11 is 5.81. The number of halogens is 1. The first-order valence-electron chi connectivity index (χ1n) is 6.12. The predicted octanol–water partition coefficient (Wildman–Crippen LogP) is 4.26. The molecular formula is C14H19ClO2. The Morgan fingerprint density at radius 1 is 1.29 bits per heavy atom. The zero-order chi connectivity index (χ0) is 12.5. The Balaban J connectivity index is 2.19. The molecule has 0 spiro atoms. The molecule has 0 aliphatic rings. The summed E-state index contributed by atoms with van der Waals surface area (Å²) in [4.78, 5) is 11.5. The first kappa shape index (κ1) is 14.0. The van der Waals surface area contributed by atoms with Crippen molar-refractivity contribution in [1.82, 2.24) is 0 Å². The zero-order valence-electron chi connectivity index (χ0n) is 10.2. The third-order valence-corrected chi connectivity index (χ3v) is 2.74. The number of rotatable bonds is 8. The van der Waals surface area contributed by atoms with Crippen molar-refractivity contribution in [2.75, 3.05) is 6.61 Å². The van der Waals surface area contributed by atoms with Crippen LogP contribution >= 0.6 is 11.6 Å². The number of hydrogen-bond acceptors (Lipinski definition) is 2. The Labute approximate surface area is 108 Å². The van der Waals surface area contributed by atoms with Crippen LogP contribution in [0.2, 0.25) is 5.02 Å². The van der Waals surface area contributed by atoms with Crippen molar-refractivity contribution in [3.8, 4) is 5.75 Å². The number of benzene rings is 1. The van der Waals surface area contributed by atoms with Crippen LogP contribution in [-0.2, 0) is 4.79 Å². The molecule has 0 unspecified atom stereocenters. The van der Waals surface area contributed by atoms with E-state index >= 15 is 0 Å². The number of carbonyl (C=O) groups excluding carboxylic acids is 1. The minimum Gasteiger partial charge on any atom is -0.486 e. The lowest BCUT2D eigenvalue weighted by molar-refractivity contribution is -0.121. The fourth-order valence-corrected chi connectivity index (χ4v) is 1.72. The number of Topliss-reactive ketones (excluding diaryl/α,β-unsaturated/α-hetero) is 1. The van der Waals surface area contributed by atoms with Crippen molar-refractivity contribution in [3.05, 3.63) is 29.3 Å². The molecule has 0 amide bonds. The first-order chi connectivity index (χ1) is 8.22. The van der Waals surface area contributed by atoms with E-state index in [0.29, 0.717) is 17.2 Å². The smallest absolute Gasteiger partial charge is 0.170 e. The molecular weight excluding hydrogens is 236 g/mol. The lowest BCUT2D eigenvalue weighted by atomic mass is 10.1. The highest BCUT2D eigenvalue weighted by atomic mass is 35.5. The lowest BCUT2D eigenvalue weighted by Gasteiger charge is -2.05. The minimum absolute atomic E-state index is 0.145. The summed E-state index contributed by atoms with van der Waals surface area (Å²) in [6.07, 6.45) is 5.08. The van der Waals surface area contributed by atoms with Crippen molar-refractivity contribution >= 4 is 17.4 Å². The van der Waals surface area contributed by atoms with Crippen LogP contribution < -0.4 is 4.74 Å². The third kappa shape index (κ3) is 6.32. The number of unbranched alkanes of at least 4 members (excludes halogenated alkanes) is 3. The summed E-state index contributed by atoms with van der Waals surface area (Å²) < 4.78 is 5.37. The van der Waals surface area contributed by atoms with E-state index in [4.69, 9.17) is 16.3 Å². The standard InChI is InChI=1S/C14H19ClO2/c1-2-3-4-5-8-13(16)11-17-14-9-6-7-12(15)10-14/h6-7,9-10H,2-5,8,11H2,1H3. The van der Waals surface area contributed by atoms with Gasteiger partial charge in [0.25, 0.3) is 0 Å². The Bertz CT molecular complexity index is 350. The van der Waals surface area contributed by atoms with E-state index in [9.17, 15) is 4.79 Å². The van der Waals surface area contributed by atoms with Gasteiger partial charge in [-0.3, -0.25) is 4.79 Å². The van der Waals surface area contributed by atoms with Crippen LogP contribution in [0, 0.1) is 0 Å². The van der Waals surface area contributed by atoms with E-state index in [1.165, 1.54) is 12.8 Å². The van der Waals surface area contributed by atoms with Crippen molar-refractivity contribution in [2.45, 2.75) is 39.0 Å². The van der Waals surface area contributed by atoms with Crippen LogP contribution in [0.3, 0.4) is 0 Å². The minimum atomic E-state index is 0.145. The summed E-state index contributed by atoms with van der Waals surface area (Å²) in [6.45, 7) is 2.30. The number of ketones is 1. The van der Waals surface area contributed by atoms with Gasteiger partial charge in [0.05, 0.1) is 0 Å². The summed E-state index contributed by atoms with van der Waals surface area (Å²) in [5.74, 6) is 0.806. The fourth-order valence-electron chi connectivity index (χ4n) is 1.54. The molecule has 0 aromatic heterocycles. The summed E-state index contributed by atoms with van der Waals surface area (Å²) in [5.41, 5.74) is 0. The van der Waals surface area contributed by atoms with Gasteiger partial charge in [-0.15, -0.1) is 0 Å². The molecule has 2 nitrogen and oxygen atoms in total. The van der Waals surface area contributed by atoms with E-state index in [-0.39, 0.29) is 12.4 Å². The molecule has 0 bridgehead atoms. The normalized spacial score (nSPS) is 10.2. The Morgan fingerprint density at radius 3 is 2.82 bits per heavy atom. The van der Waals surface area contributed by atoms with E-state index in [1.54, 1.807) is 18.2 Å². The van der Waals surface area contributed by atoms with E-state index in [0.717, 1.165) is 12.8 Å². The molecule has 1 aromatic carbocycles. The third-order valence-electron chi connectivity index (χ3n) is 2.51. The second kappa shape index (κ2) is 8.13. The predicted molar refractivity (Wildman–Crippen MR) is 70.7 cm³/mol. The number of ether oxygens (including phenoxy) is 1. The maximum Gasteiger partial charge on any atom is 0.170 e. The van der Waals surface area contributed by atoms with Gasteiger partial charge in [-0.25, -0.2) is 0 Å². The van der Waals surface area contributed by atoms with Gasteiger partial charge < -0.3 is 4.74 Å². The van der Waals surface area contributed by atoms with Crippen molar-refractivity contribution in [2.24, 2.45) is 0 Å². The quantitative estimate of drug-likeness (QED) is 0.648. The van der Waals surface area contributed by atoms with Gasteiger partial charge in [0, 0.05) is 11.4 Å². The monoisotopic (exact) mass is 254 g/mol. The van der Waals surface area contributed by atoms with Crippen LogP contribution in [0.15, 0.2) is 24.3 Å². The van der Waals surface area contributed by atoms with Crippen molar-refractivity contribution in [3.63, 3.8) is 0 Å². The van der Waals surface area contributed by atoms with E-state index < -0.39 is 0 Å². The Morgan fingerprint density at radius 2 is 2.12 bits per heavy atom. The first-order valence-corrected chi connectivity index (χ1v) is 6.50. The molecule has 0 atom stereocenters. The molecule has 0 radical (unpaired) electrons. The molecule has 0 N–H and O–H groups in total. The molecule has 0 aliphatic carbocycles. The average Bonchev–Trinajstić information content (AvgIpc) is 2.32. The molecule has 17 heavy (non-hydrogen) atoms. The van der Waals surface area contributed by atoms with Crippen LogP contribution in [0.4, 0.5) is 0 Å². The molecule has 0 saturated carbocycles. The highest BCUT2D eigenvalue weighted by Gasteiger charge is 2.03.